The van der Waals surface area contributed by atoms with Gasteiger partial charge in [0.1, 0.15) is 6.04 Å². The van der Waals surface area contributed by atoms with E-state index in [0.29, 0.717) is 37.5 Å². The predicted octanol–water partition coefficient (Wildman–Crippen LogP) is 4.37. The highest BCUT2D eigenvalue weighted by Crippen LogP contribution is 2.39. The molecule has 0 spiro atoms. The zero-order chi connectivity index (χ0) is 42.3. The van der Waals surface area contributed by atoms with Crippen molar-refractivity contribution in [2.75, 3.05) is 13.1 Å². The maximum absolute atomic E-state index is 14.4. The van der Waals surface area contributed by atoms with Crippen molar-refractivity contribution in [3.05, 3.63) is 83.7 Å². The molecule has 1 aliphatic heterocycles. The number of aliphatic carboxylic acids is 1. The van der Waals surface area contributed by atoms with E-state index in [9.17, 15) is 24.6 Å². The SMILES string of the molecule is CC(=O)O.C[C@H](NC(=O)[C@H](Cc1c[nH]cn1)NC(=O)[C@@H](CC(=O)N1CCC(N)CC1)CC1CCCc2ccccc21)[C@@H](O)[C@@H](O)CC(c1ccccn1)C1CCCCC1. The van der Waals surface area contributed by atoms with Gasteiger partial charge in [-0.2, -0.15) is 0 Å². The van der Waals surface area contributed by atoms with Crippen LogP contribution >= 0.6 is 0 Å². The normalized spacial score (nSPS) is 20.4. The molecule has 14 nitrogen and oxygen atoms in total. The molecule has 322 valence electrons. The summed E-state index contributed by atoms with van der Waals surface area (Å²) >= 11 is 0. The van der Waals surface area contributed by atoms with Crippen LogP contribution in [0.2, 0.25) is 0 Å². The summed E-state index contributed by atoms with van der Waals surface area (Å²) < 4.78 is 0. The molecule has 2 aliphatic carbocycles. The fraction of sp³-hybridized carbons (Fsp3) is 0.600. The Bertz CT molecular complexity index is 1760. The number of imidazole rings is 1. The topological polar surface area (TPSA) is 224 Å². The Morgan fingerprint density at radius 2 is 1.63 bits per heavy atom. The standard InChI is InChI=1S/C43H61N7O5.C2H4O2/c1-28(41(53)39(51)25-36(30-10-3-2-4-11-30)37-16-7-8-19-46-37)48-43(55)38(24-34-26-45-27-47-34)49-42(54)32(23-40(52)50-20-17-33(44)18-21-50)22-31-14-9-13-29-12-5-6-15-35(29)31;1-2(3)4/h5-8,12,15-16,19,26-28,30-33,36,38-39,41,51,53H,2-4,9-11,13-14,17-18,20-25,44H2,1H3,(H,45,47)(H,48,55)(H,49,54);1H3,(H,3,4)/t28-,31?,32+,36?,38-,39-,41+;/m0./s1. The van der Waals surface area contributed by atoms with Gasteiger partial charge in [0.25, 0.3) is 5.97 Å². The Hall–Kier alpha value is -4.66. The number of fused-ring (bicyclic) bond motifs is 1. The number of hydrogen-bond acceptors (Lipinski definition) is 9. The van der Waals surface area contributed by atoms with Gasteiger partial charge >= 0.3 is 0 Å². The Morgan fingerprint density at radius 3 is 2.31 bits per heavy atom. The number of pyridine rings is 1. The molecule has 6 rings (SSSR count). The first-order valence-corrected chi connectivity index (χ1v) is 21.6. The number of nitrogens with zero attached hydrogens (tertiary/aromatic N) is 3. The van der Waals surface area contributed by atoms with Crippen molar-refractivity contribution in [2.24, 2.45) is 17.6 Å². The van der Waals surface area contributed by atoms with E-state index >= 15 is 0 Å². The van der Waals surface area contributed by atoms with Gasteiger partial charge < -0.3 is 41.6 Å². The number of hydrogen-bond donors (Lipinski definition) is 7. The second kappa shape index (κ2) is 22.6. The summed E-state index contributed by atoms with van der Waals surface area (Å²) in [6.07, 6.45) is 13.5. The third-order valence-corrected chi connectivity index (χ3v) is 12.4. The minimum Gasteiger partial charge on any atom is -0.481 e. The molecular weight excluding hydrogens is 751 g/mol. The van der Waals surface area contributed by atoms with Crippen molar-refractivity contribution in [3.63, 3.8) is 0 Å². The van der Waals surface area contributed by atoms with Gasteiger partial charge in [-0.05, 0) is 99.8 Å². The lowest BCUT2D eigenvalue weighted by Crippen LogP contribution is -2.55. The van der Waals surface area contributed by atoms with Crippen LogP contribution in [-0.2, 0) is 32.0 Å². The quantitative estimate of drug-likeness (QED) is 0.108. The summed E-state index contributed by atoms with van der Waals surface area (Å²) in [6, 6.07) is 12.4. The van der Waals surface area contributed by atoms with Crippen LogP contribution in [-0.4, -0.2) is 102 Å². The minimum atomic E-state index is -1.25. The number of aliphatic hydroxyl groups excluding tert-OH is 2. The third kappa shape index (κ3) is 13.7. The molecule has 59 heavy (non-hydrogen) atoms. The zero-order valence-corrected chi connectivity index (χ0v) is 34.7. The fourth-order valence-corrected chi connectivity index (χ4v) is 9.15. The van der Waals surface area contributed by atoms with Gasteiger partial charge in [-0.3, -0.25) is 24.2 Å². The summed E-state index contributed by atoms with van der Waals surface area (Å²) in [5.41, 5.74) is 10.1. The molecule has 3 aliphatic rings. The maximum atomic E-state index is 14.4. The third-order valence-electron chi connectivity index (χ3n) is 12.4. The van der Waals surface area contributed by atoms with Crippen LogP contribution in [0.3, 0.4) is 0 Å². The van der Waals surface area contributed by atoms with E-state index in [0.717, 1.165) is 70.4 Å². The van der Waals surface area contributed by atoms with Gasteiger partial charge in [-0.1, -0.05) is 49.6 Å². The number of nitrogens with two attached hydrogens (primary N) is 1. The summed E-state index contributed by atoms with van der Waals surface area (Å²) in [7, 11) is 0. The fourth-order valence-electron chi connectivity index (χ4n) is 9.15. The molecular formula is C45H65N7O7. The number of carboxylic acid groups (broad SMARTS) is 1. The molecule has 8 N–H and O–H groups in total. The Kier molecular flexibility index (Phi) is 17.4. The van der Waals surface area contributed by atoms with Crippen LogP contribution in [0, 0.1) is 11.8 Å². The van der Waals surface area contributed by atoms with Crippen molar-refractivity contribution in [2.45, 2.75) is 146 Å². The summed E-state index contributed by atoms with van der Waals surface area (Å²) in [5, 5.41) is 36.1. The molecule has 3 amide bonds. The van der Waals surface area contributed by atoms with Gasteiger partial charge in [0.05, 0.1) is 30.3 Å². The lowest BCUT2D eigenvalue weighted by atomic mass is 9.75. The molecule has 2 unspecified atom stereocenters. The molecule has 0 bridgehead atoms. The Morgan fingerprint density at radius 1 is 0.915 bits per heavy atom. The van der Waals surface area contributed by atoms with Crippen LogP contribution < -0.4 is 16.4 Å². The molecule has 1 saturated heterocycles. The van der Waals surface area contributed by atoms with Gasteiger partial charge in [-0.15, -0.1) is 0 Å². The Balaban J connectivity index is 0.00000158. The number of carbonyl (C=O) groups is 4. The lowest BCUT2D eigenvalue weighted by molar-refractivity contribution is -0.138. The van der Waals surface area contributed by atoms with Gasteiger partial charge in [0.15, 0.2) is 0 Å². The summed E-state index contributed by atoms with van der Waals surface area (Å²) in [5.74, 6) is -1.98. The minimum absolute atomic E-state index is 0.0156. The molecule has 1 saturated carbocycles. The molecule has 0 radical (unpaired) electrons. The molecule has 14 heteroatoms. The number of benzene rings is 1. The number of likely N-dealkylation sites (tertiary alicyclic amines) is 1. The second-order valence-corrected chi connectivity index (χ2v) is 16.8. The number of carbonyl (C=O) groups excluding carboxylic acids is 3. The van der Waals surface area contributed by atoms with Crippen LogP contribution in [0.15, 0.2) is 61.2 Å². The number of nitrogens with one attached hydrogen (secondary N) is 3. The first-order chi connectivity index (χ1) is 28.4. The number of aryl methyl sites for hydroxylation is 1. The largest absolute Gasteiger partial charge is 0.481 e. The van der Waals surface area contributed by atoms with Crippen molar-refractivity contribution < 1.29 is 34.5 Å². The van der Waals surface area contributed by atoms with Crippen LogP contribution in [0.25, 0.3) is 0 Å². The van der Waals surface area contributed by atoms with E-state index in [2.05, 4.69) is 37.7 Å². The van der Waals surface area contributed by atoms with Crippen molar-refractivity contribution in [3.8, 4) is 0 Å². The van der Waals surface area contributed by atoms with Crippen LogP contribution in [0.5, 0.6) is 0 Å². The molecule has 2 fully saturated rings. The zero-order valence-electron chi connectivity index (χ0n) is 34.7. The monoisotopic (exact) mass is 815 g/mol. The van der Waals surface area contributed by atoms with Crippen molar-refractivity contribution in [1.29, 1.82) is 0 Å². The first kappa shape index (κ1) is 45.4. The smallest absolute Gasteiger partial charge is 0.300 e. The lowest BCUT2D eigenvalue weighted by Gasteiger charge is -2.34. The van der Waals surface area contributed by atoms with E-state index < -0.39 is 42.1 Å². The maximum Gasteiger partial charge on any atom is 0.300 e. The van der Waals surface area contributed by atoms with E-state index in [1.807, 2.05) is 35.2 Å². The Labute approximate surface area is 348 Å². The number of aromatic amines is 1. The van der Waals surface area contributed by atoms with E-state index in [1.54, 1.807) is 19.3 Å². The van der Waals surface area contributed by atoms with E-state index in [-0.39, 0.29) is 42.5 Å². The average Bonchev–Trinajstić information content (AvgIpc) is 3.76. The molecule has 2 aromatic heterocycles. The van der Waals surface area contributed by atoms with E-state index in [1.165, 1.54) is 23.9 Å². The van der Waals surface area contributed by atoms with Gasteiger partial charge in [-0.25, -0.2) is 4.98 Å². The number of aliphatic hydroxyl groups is 2. The number of carboxylic acids is 1. The number of amides is 3. The highest BCUT2D eigenvalue weighted by atomic mass is 16.4. The van der Waals surface area contributed by atoms with Crippen molar-refractivity contribution >= 4 is 23.7 Å². The second-order valence-electron chi connectivity index (χ2n) is 16.8. The predicted molar refractivity (Wildman–Crippen MR) is 224 cm³/mol. The molecule has 3 aromatic rings. The number of aromatic nitrogens is 3. The summed E-state index contributed by atoms with van der Waals surface area (Å²) in [4.78, 5) is 64.8. The highest BCUT2D eigenvalue weighted by Gasteiger charge is 2.36. The molecule has 1 aromatic carbocycles. The number of rotatable bonds is 16. The average molecular weight is 816 g/mol. The van der Waals surface area contributed by atoms with Gasteiger partial charge in [0.2, 0.25) is 17.7 Å². The van der Waals surface area contributed by atoms with Crippen LogP contribution in [0.1, 0.15) is 125 Å². The highest BCUT2D eigenvalue weighted by molar-refractivity contribution is 5.91. The molecule has 7 atom stereocenters. The number of H-pyrrole nitrogens is 1. The first-order valence-electron chi connectivity index (χ1n) is 21.6. The van der Waals surface area contributed by atoms with Crippen LogP contribution in [0.4, 0.5) is 0 Å². The van der Waals surface area contributed by atoms with Crippen molar-refractivity contribution in [1.82, 2.24) is 30.5 Å². The molecule has 3 heterocycles. The van der Waals surface area contributed by atoms with E-state index in [4.69, 9.17) is 15.6 Å². The van der Waals surface area contributed by atoms with Gasteiger partial charge in [0, 0.05) is 68.8 Å². The summed E-state index contributed by atoms with van der Waals surface area (Å²) in [6.45, 7) is 3.89. The number of piperidine rings is 1.